The summed E-state index contributed by atoms with van der Waals surface area (Å²) in [6, 6.07) is 19.1. The summed E-state index contributed by atoms with van der Waals surface area (Å²) in [5.41, 5.74) is 6.93. The van der Waals surface area contributed by atoms with Crippen LogP contribution in [0.25, 0.3) is 16.9 Å². The maximum Gasteiger partial charge on any atom is 0.315 e. The number of pyridine rings is 1. The first-order valence-electron chi connectivity index (χ1n) is 12.6. The lowest BCUT2D eigenvalue weighted by Gasteiger charge is -2.38. The standard InChI is InChI=1S/C29H25Cl2N5O4/c30-19-10-8-18(9-11-19)26-20(17-24(32)37)25(34-36(26)22-6-2-1-5-21(22)31)27(38)35-15-12-29(13-16-35,28(39)40)23-7-3-4-14-33-23/h1-11,14H,12-13,15-17H2,(H2,32,37)(H,39,40). The molecular formula is C29H25Cl2N5O4. The second-order valence-corrected chi connectivity index (χ2v) is 10.4. The maximum atomic E-state index is 14.0. The number of carbonyl (C=O) groups is 3. The summed E-state index contributed by atoms with van der Waals surface area (Å²) in [7, 11) is 0. The van der Waals surface area contributed by atoms with Gasteiger partial charge in [-0.25, -0.2) is 4.68 Å². The Kier molecular flexibility index (Phi) is 7.60. The van der Waals surface area contributed by atoms with Gasteiger partial charge in [0.25, 0.3) is 5.91 Å². The highest BCUT2D eigenvalue weighted by Crippen LogP contribution is 2.37. The number of hydrogen-bond acceptors (Lipinski definition) is 5. The second kappa shape index (κ2) is 11.1. The van der Waals surface area contributed by atoms with Gasteiger partial charge < -0.3 is 15.7 Å². The van der Waals surface area contributed by atoms with E-state index >= 15 is 0 Å². The van der Waals surface area contributed by atoms with Gasteiger partial charge in [0, 0.05) is 35.4 Å². The van der Waals surface area contributed by atoms with E-state index < -0.39 is 23.2 Å². The van der Waals surface area contributed by atoms with E-state index in [1.54, 1.807) is 77.8 Å². The zero-order valence-corrected chi connectivity index (χ0v) is 22.8. The van der Waals surface area contributed by atoms with Crippen molar-refractivity contribution in [3.05, 3.63) is 99.9 Å². The molecule has 204 valence electrons. The Bertz CT molecular complexity index is 1580. The molecule has 2 aromatic carbocycles. The van der Waals surface area contributed by atoms with Gasteiger partial charge in [-0.05, 0) is 49.2 Å². The molecule has 0 unspecified atom stereocenters. The lowest BCUT2D eigenvalue weighted by atomic mass is 9.75. The minimum Gasteiger partial charge on any atom is -0.481 e. The molecule has 1 aliphatic heterocycles. The lowest BCUT2D eigenvalue weighted by molar-refractivity contribution is -0.146. The van der Waals surface area contributed by atoms with Crippen molar-refractivity contribution in [3.8, 4) is 16.9 Å². The van der Waals surface area contributed by atoms with Crippen molar-refractivity contribution < 1.29 is 19.5 Å². The van der Waals surface area contributed by atoms with Crippen molar-refractivity contribution in [1.29, 1.82) is 0 Å². The third-order valence-electron chi connectivity index (χ3n) is 7.20. The number of rotatable bonds is 7. The molecule has 11 heteroatoms. The Morgan fingerprint density at radius 1 is 0.950 bits per heavy atom. The number of hydrogen-bond donors (Lipinski definition) is 2. The number of amides is 2. The number of likely N-dealkylation sites (tertiary alicyclic amines) is 1. The summed E-state index contributed by atoms with van der Waals surface area (Å²) < 4.78 is 1.54. The predicted octanol–water partition coefficient (Wildman–Crippen LogP) is 4.53. The van der Waals surface area contributed by atoms with Crippen LogP contribution in [0.1, 0.15) is 34.6 Å². The lowest BCUT2D eigenvalue weighted by Crippen LogP contribution is -2.49. The molecule has 3 heterocycles. The van der Waals surface area contributed by atoms with E-state index in [2.05, 4.69) is 10.1 Å². The van der Waals surface area contributed by atoms with E-state index in [0.29, 0.717) is 38.2 Å². The molecule has 4 aromatic rings. The number of aromatic nitrogens is 3. The zero-order chi connectivity index (χ0) is 28.4. The summed E-state index contributed by atoms with van der Waals surface area (Å²) in [4.78, 5) is 44.4. The third-order valence-corrected chi connectivity index (χ3v) is 7.78. The number of carboxylic acids is 1. The van der Waals surface area contributed by atoms with E-state index in [4.69, 9.17) is 28.9 Å². The maximum absolute atomic E-state index is 14.0. The average Bonchev–Trinajstić information content (AvgIpc) is 3.31. The minimum atomic E-state index is -1.21. The first-order valence-corrected chi connectivity index (χ1v) is 13.3. The molecule has 1 fully saturated rings. The molecule has 3 N–H and O–H groups in total. The Morgan fingerprint density at radius 3 is 2.23 bits per heavy atom. The first-order chi connectivity index (χ1) is 19.2. The molecule has 40 heavy (non-hydrogen) atoms. The SMILES string of the molecule is NC(=O)Cc1c(C(=O)N2CCC(C(=O)O)(c3ccccn3)CC2)nn(-c2ccccc2Cl)c1-c1ccc(Cl)cc1. The van der Waals surface area contributed by atoms with E-state index in [1.165, 1.54) is 4.68 Å². The molecule has 1 aliphatic rings. The van der Waals surface area contributed by atoms with Crippen LogP contribution in [0.5, 0.6) is 0 Å². The van der Waals surface area contributed by atoms with Gasteiger partial charge in [-0.2, -0.15) is 5.10 Å². The van der Waals surface area contributed by atoms with Crippen LogP contribution in [0.3, 0.4) is 0 Å². The Labute approximate surface area is 240 Å². The summed E-state index contributed by atoms with van der Waals surface area (Å²) in [6.45, 7) is 0.319. The molecule has 0 radical (unpaired) electrons. The fraction of sp³-hybridized carbons (Fsp3) is 0.207. The molecule has 0 saturated carbocycles. The predicted molar refractivity (Wildman–Crippen MR) is 151 cm³/mol. The average molecular weight is 578 g/mol. The summed E-state index contributed by atoms with van der Waals surface area (Å²) in [5, 5.41) is 15.7. The van der Waals surface area contributed by atoms with Gasteiger partial charge in [0.1, 0.15) is 5.41 Å². The van der Waals surface area contributed by atoms with Crippen molar-refractivity contribution in [2.75, 3.05) is 13.1 Å². The number of nitrogens with two attached hydrogens (primary N) is 1. The van der Waals surface area contributed by atoms with Gasteiger partial charge in [-0.1, -0.05) is 53.5 Å². The number of halogens is 2. The number of carbonyl (C=O) groups excluding carboxylic acids is 2. The molecule has 0 atom stereocenters. The van der Waals surface area contributed by atoms with Crippen LogP contribution in [0.15, 0.2) is 72.9 Å². The topological polar surface area (TPSA) is 131 Å². The van der Waals surface area contributed by atoms with Crippen LogP contribution in [0.4, 0.5) is 0 Å². The van der Waals surface area contributed by atoms with E-state index in [-0.39, 0.29) is 38.0 Å². The second-order valence-electron chi connectivity index (χ2n) is 9.58. The van der Waals surface area contributed by atoms with Gasteiger partial charge in [0.2, 0.25) is 5.91 Å². The van der Waals surface area contributed by atoms with Crippen molar-refractivity contribution >= 4 is 41.0 Å². The van der Waals surface area contributed by atoms with Crippen molar-refractivity contribution in [2.45, 2.75) is 24.7 Å². The van der Waals surface area contributed by atoms with E-state index in [9.17, 15) is 19.5 Å². The smallest absolute Gasteiger partial charge is 0.315 e. The number of carboxylic acid groups (broad SMARTS) is 1. The van der Waals surface area contributed by atoms with Crippen molar-refractivity contribution in [2.24, 2.45) is 5.73 Å². The number of para-hydroxylation sites is 1. The molecule has 2 amide bonds. The minimum absolute atomic E-state index is 0.0457. The summed E-state index contributed by atoms with van der Waals surface area (Å²) in [6.07, 6.45) is 1.66. The Morgan fingerprint density at radius 2 is 1.62 bits per heavy atom. The molecule has 2 aromatic heterocycles. The van der Waals surface area contributed by atoms with Gasteiger partial charge in [0.15, 0.2) is 5.69 Å². The highest BCUT2D eigenvalue weighted by Gasteiger charge is 2.45. The quantitative estimate of drug-likeness (QED) is 0.332. The van der Waals surface area contributed by atoms with Crippen LogP contribution in [0.2, 0.25) is 10.0 Å². The first kappa shape index (κ1) is 27.4. The molecule has 0 spiro atoms. The Hall–Kier alpha value is -4.21. The molecular weight excluding hydrogens is 553 g/mol. The van der Waals surface area contributed by atoms with Crippen LogP contribution in [-0.4, -0.2) is 55.6 Å². The zero-order valence-electron chi connectivity index (χ0n) is 21.3. The van der Waals surface area contributed by atoms with Gasteiger partial charge >= 0.3 is 5.97 Å². The highest BCUT2D eigenvalue weighted by molar-refractivity contribution is 6.32. The Balaban J connectivity index is 1.58. The molecule has 5 rings (SSSR count). The van der Waals surface area contributed by atoms with E-state index in [1.807, 2.05) is 0 Å². The number of benzene rings is 2. The number of primary amides is 1. The van der Waals surface area contributed by atoms with E-state index in [0.717, 1.165) is 0 Å². The summed E-state index contributed by atoms with van der Waals surface area (Å²) in [5.74, 6) is -2.06. The fourth-order valence-electron chi connectivity index (χ4n) is 5.13. The normalized spacial score (nSPS) is 14.6. The number of piperidine rings is 1. The third kappa shape index (κ3) is 5.05. The molecule has 0 aliphatic carbocycles. The molecule has 0 bridgehead atoms. The van der Waals surface area contributed by atoms with Crippen LogP contribution in [0, 0.1) is 0 Å². The molecule has 9 nitrogen and oxygen atoms in total. The fourth-order valence-corrected chi connectivity index (χ4v) is 5.47. The summed E-state index contributed by atoms with van der Waals surface area (Å²) >= 11 is 12.7. The van der Waals surface area contributed by atoms with Crippen molar-refractivity contribution in [1.82, 2.24) is 19.7 Å². The largest absolute Gasteiger partial charge is 0.481 e. The monoisotopic (exact) mass is 577 g/mol. The number of nitrogens with zero attached hydrogens (tertiary/aromatic N) is 4. The van der Waals surface area contributed by atoms with Crippen LogP contribution >= 0.6 is 23.2 Å². The number of aliphatic carboxylic acids is 1. The van der Waals surface area contributed by atoms with Crippen LogP contribution < -0.4 is 5.73 Å². The molecule has 1 saturated heterocycles. The van der Waals surface area contributed by atoms with Crippen molar-refractivity contribution in [3.63, 3.8) is 0 Å². The highest BCUT2D eigenvalue weighted by atomic mass is 35.5. The van der Waals surface area contributed by atoms with Gasteiger partial charge in [-0.3, -0.25) is 19.4 Å². The van der Waals surface area contributed by atoms with Gasteiger partial charge in [0.05, 0.1) is 28.5 Å². The van der Waals surface area contributed by atoms with Crippen LogP contribution in [-0.2, 0) is 21.4 Å². The van der Waals surface area contributed by atoms with Gasteiger partial charge in [-0.15, -0.1) is 0 Å².